The smallest absolute Gasteiger partial charge is 0.405 e. The Hall–Kier alpha value is -4.47. The molecule has 6 rings (SSSR count). The van der Waals surface area contributed by atoms with Gasteiger partial charge in [-0.05, 0) is 56.1 Å². The van der Waals surface area contributed by atoms with Gasteiger partial charge in [-0.3, -0.25) is 19.1 Å². The highest BCUT2D eigenvalue weighted by molar-refractivity contribution is 7.91. The molecule has 0 spiro atoms. The second kappa shape index (κ2) is 13.4. The lowest BCUT2D eigenvalue weighted by Gasteiger charge is -2.31. The highest BCUT2D eigenvalue weighted by Crippen LogP contribution is 2.46. The number of benzene rings is 1. The summed E-state index contributed by atoms with van der Waals surface area (Å²) in [5, 5.41) is 14.2. The molecule has 49 heavy (non-hydrogen) atoms. The number of carboxylic acid groups (broad SMARTS) is 1. The molecule has 0 radical (unpaired) electrons. The number of nitrogens with zero attached hydrogens (tertiary/aromatic N) is 3. The lowest BCUT2D eigenvalue weighted by molar-refractivity contribution is -0.142. The predicted molar refractivity (Wildman–Crippen MR) is 176 cm³/mol. The Bertz CT molecular complexity index is 1780. The summed E-state index contributed by atoms with van der Waals surface area (Å²) in [6.07, 6.45) is 6.22. The van der Waals surface area contributed by atoms with Crippen molar-refractivity contribution >= 4 is 44.9 Å². The SMILES string of the molecule is COc1ccc2ncc(O[C@@H]3C[C@H]4C(=O)N[C@]5(C(=O)NS(=O)(=O)C6CC6)C[C@H]5C=C[C@H](C)CCC[C@@H](C)[C@H](NC(=O)O)C(=O)N4C3)nc2c1. The van der Waals surface area contributed by atoms with Crippen LogP contribution in [-0.2, 0) is 24.4 Å². The van der Waals surface area contributed by atoms with Crippen LogP contribution < -0.4 is 24.8 Å². The summed E-state index contributed by atoms with van der Waals surface area (Å²) in [4.78, 5) is 64.0. The molecule has 0 unspecified atom stereocenters. The fourth-order valence-corrected chi connectivity index (χ4v) is 8.14. The first-order chi connectivity index (χ1) is 23.3. The van der Waals surface area contributed by atoms with Crippen molar-refractivity contribution in [2.24, 2.45) is 17.8 Å². The fraction of sp³-hybridized carbons (Fsp3) is 0.576. The average molecular weight is 699 g/mol. The molecule has 3 fully saturated rings. The second-order valence-corrected chi connectivity index (χ2v) is 15.6. The number of methoxy groups -OCH3 is 1. The maximum atomic E-state index is 14.2. The molecule has 4 aliphatic rings. The third-order valence-corrected chi connectivity index (χ3v) is 11.8. The number of allylic oxidation sites excluding steroid dienone is 1. The van der Waals surface area contributed by atoms with E-state index in [0.29, 0.717) is 42.5 Å². The minimum atomic E-state index is -3.90. The van der Waals surface area contributed by atoms with Crippen LogP contribution in [0.1, 0.15) is 58.8 Å². The van der Waals surface area contributed by atoms with Gasteiger partial charge in [0.25, 0.3) is 5.91 Å². The lowest BCUT2D eigenvalue weighted by atomic mass is 9.92. The van der Waals surface area contributed by atoms with Gasteiger partial charge >= 0.3 is 6.09 Å². The normalized spacial score (nSPS) is 30.6. The molecular weight excluding hydrogens is 656 g/mol. The fourth-order valence-electron chi connectivity index (χ4n) is 6.78. The molecule has 4 N–H and O–H groups in total. The summed E-state index contributed by atoms with van der Waals surface area (Å²) in [5.74, 6) is -2.13. The second-order valence-electron chi connectivity index (χ2n) is 13.7. The van der Waals surface area contributed by atoms with Gasteiger partial charge in [0, 0.05) is 18.4 Å². The number of hydrogen-bond donors (Lipinski definition) is 4. The van der Waals surface area contributed by atoms with Crippen LogP contribution in [0.4, 0.5) is 4.79 Å². The maximum absolute atomic E-state index is 14.2. The molecule has 2 aromatic rings. The Labute approximate surface area is 284 Å². The van der Waals surface area contributed by atoms with E-state index in [1.807, 2.05) is 19.1 Å². The van der Waals surface area contributed by atoms with E-state index in [9.17, 15) is 32.7 Å². The van der Waals surface area contributed by atoms with Crippen LogP contribution >= 0.6 is 0 Å². The van der Waals surface area contributed by atoms with Gasteiger partial charge in [-0.2, -0.15) is 0 Å². The van der Waals surface area contributed by atoms with E-state index in [-0.39, 0.29) is 31.2 Å². The van der Waals surface area contributed by atoms with Gasteiger partial charge in [-0.25, -0.2) is 23.2 Å². The molecule has 1 aromatic heterocycles. The quantitative estimate of drug-likeness (QED) is 0.308. The lowest BCUT2D eigenvalue weighted by Crippen LogP contribution is -2.59. The molecule has 3 heterocycles. The van der Waals surface area contributed by atoms with Gasteiger partial charge in [-0.15, -0.1) is 0 Å². The van der Waals surface area contributed by atoms with Crippen molar-refractivity contribution in [1.82, 2.24) is 30.2 Å². The van der Waals surface area contributed by atoms with Gasteiger partial charge in [-0.1, -0.05) is 32.4 Å². The van der Waals surface area contributed by atoms with Crippen LogP contribution in [0.2, 0.25) is 0 Å². The summed E-state index contributed by atoms with van der Waals surface area (Å²) in [6.45, 7) is 3.73. The molecule has 264 valence electrons. The zero-order chi connectivity index (χ0) is 35.1. The van der Waals surface area contributed by atoms with Gasteiger partial charge in [0.1, 0.15) is 29.5 Å². The largest absolute Gasteiger partial charge is 0.497 e. The number of carbonyl (C=O) groups is 4. The standard InChI is InChI=1S/C33H42N6O9S/c1-18-5-4-6-19(2)28(36-32(43)44)30(41)39-17-22(48-27-16-34-24-12-9-21(47-3)13-25(24)35-27)14-26(39)29(40)37-33(15-20(33)8-7-18)31(42)38-49(45,46)23-10-11-23/h7-9,12-13,16,18-20,22-23,26,28,36H,4-6,10-11,14-15,17H2,1-3H3,(H,37,40)(H,38,42)(H,43,44)/t18-,19-,20-,22-,26+,28+,33-/m1/s1. The molecule has 4 amide bonds. The number of sulfonamides is 1. The molecule has 7 atom stereocenters. The topological polar surface area (TPSA) is 206 Å². The Morgan fingerprint density at radius 1 is 1.10 bits per heavy atom. The van der Waals surface area contributed by atoms with Crippen molar-refractivity contribution in [2.45, 2.75) is 87.8 Å². The molecule has 1 aromatic carbocycles. The molecule has 0 bridgehead atoms. The summed E-state index contributed by atoms with van der Waals surface area (Å²) in [5.41, 5.74) is -0.416. The highest BCUT2D eigenvalue weighted by atomic mass is 32.2. The molecule has 2 aliphatic heterocycles. The molecule has 2 aliphatic carbocycles. The summed E-state index contributed by atoms with van der Waals surface area (Å²) in [7, 11) is -2.37. The van der Waals surface area contributed by atoms with Crippen LogP contribution in [0.3, 0.4) is 0 Å². The number of amides is 4. The average Bonchev–Trinajstić information content (AvgIpc) is 3.98. The van der Waals surface area contributed by atoms with Crippen molar-refractivity contribution in [3.05, 3.63) is 36.5 Å². The summed E-state index contributed by atoms with van der Waals surface area (Å²) in [6, 6.07) is 2.89. The number of hydrogen-bond acceptors (Lipinski definition) is 10. The van der Waals surface area contributed by atoms with E-state index in [0.717, 1.165) is 6.42 Å². The monoisotopic (exact) mass is 698 g/mol. The van der Waals surface area contributed by atoms with Crippen LogP contribution in [0.5, 0.6) is 11.6 Å². The van der Waals surface area contributed by atoms with E-state index in [4.69, 9.17) is 9.47 Å². The van der Waals surface area contributed by atoms with Gasteiger partial charge in [0.2, 0.25) is 27.7 Å². The number of ether oxygens (including phenoxy) is 2. The van der Waals surface area contributed by atoms with Crippen molar-refractivity contribution in [1.29, 1.82) is 0 Å². The first-order valence-electron chi connectivity index (χ1n) is 16.6. The van der Waals surface area contributed by atoms with Crippen LogP contribution in [-0.4, -0.2) is 94.8 Å². The molecular formula is C33H42N6O9S. The Balaban J connectivity index is 1.31. The van der Waals surface area contributed by atoms with Crippen LogP contribution in [0.15, 0.2) is 36.5 Å². The molecule has 15 nitrogen and oxygen atoms in total. The third-order valence-electron chi connectivity index (χ3n) is 9.93. The third kappa shape index (κ3) is 7.43. The van der Waals surface area contributed by atoms with E-state index >= 15 is 0 Å². The number of nitrogens with one attached hydrogen (secondary N) is 3. The van der Waals surface area contributed by atoms with Crippen molar-refractivity contribution in [2.75, 3.05) is 13.7 Å². The predicted octanol–water partition coefficient (Wildman–Crippen LogP) is 2.12. The van der Waals surface area contributed by atoms with Crippen LogP contribution in [0.25, 0.3) is 11.0 Å². The van der Waals surface area contributed by atoms with Crippen molar-refractivity contribution in [3.8, 4) is 11.6 Å². The van der Waals surface area contributed by atoms with Gasteiger partial charge in [0.15, 0.2) is 0 Å². The van der Waals surface area contributed by atoms with Crippen LogP contribution in [0, 0.1) is 17.8 Å². The maximum Gasteiger partial charge on any atom is 0.405 e. The number of rotatable bonds is 7. The van der Waals surface area contributed by atoms with Gasteiger partial charge < -0.3 is 30.1 Å². The summed E-state index contributed by atoms with van der Waals surface area (Å²) >= 11 is 0. The minimum Gasteiger partial charge on any atom is -0.497 e. The zero-order valence-corrected chi connectivity index (χ0v) is 28.4. The molecule has 1 saturated heterocycles. The molecule has 2 saturated carbocycles. The van der Waals surface area contributed by atoms with E-state index in [2.05, 4.69) is 25.3 Å². The molecule has 16 heteroatoms. The Morgan fingerprint density at radius 2 is 1.88 bits per heavy atom. The first kappa shape index (κ1) is 34.4. The minimum absolute atomic E-state index is 0.000808. The number of carbonyl (C=O) groups excluding carboxylic acids is 3. The number of fused-ring (bicyclic) bond motifs is 3. The Morgan fingerprint density at radius 3 is 2.59 bits per heavy atom. The van der Waals surface area contributed by atoms with Crippen molar-refractivity contribution in [3.63, 3.8) is 0 Å². The zero-order valence-electron chi connectivity index (χ0n) is 27.6. The highest BCUT2D eigenvalue weighted by Gasteiger charge is 2.62. The summed E-state index contributed by atoms with van der Waals surface area (Å²) < 4.78 is 39.1. The van der Waals surface area contributed by atoms with E-state index in [1.54, 1.807) is 25.1 Å². The number of aromatic nitrogens is 2. The Kier molecular flexibility index (Phi) is 9.44. The van der Waals surface area contributed by atoms with Gasteiger partial charge in [0.05, 0.1) is 36.1 Å². The van der Waals surface area contributed by atoms with E-state index in [1.165, 1.54) is 18.2 Å². The van der Waals surface area contributed by atoms with E-state index < -0.39 is 74.7 Å². The van der Waals surface area contributed by atoms with Crippen molar-refractivity contribution < 1.29 is 42.2 Å². The first-order valence-corrected chi connectivity index (χ1v) is 18.2.